The lowest BCUT2D eigenvalue weighted by atomic mass is 9.99. The molecule has 0 bridgehead atoms. The quantitative estimate of drug-likeness (QED) is 0.796. The third-order valence-corrected chi connectivity index (χ3v) is 3.01. The fraction of sp³-hybridized carbons (Fsp3) is 0.556. The zero-order valence-electron chi connectivity index (χ0n) is 9.01. The van der Waals surface area contributed by atoms with E-state index in [2.05, 4.69) is 14.9 Å². The summed E-state index contributed by atoms with van der Waals surface area (Å²) in [6.07, 6.45) is 1.99. The lowest BCUT2D eigenvalue weighted by Crippen LogP contribution is -2.44. The summed E-state index contributed by atoms with van der Waals surface area (Å²) in [5.41, 5.74) is 0. The number of nitrogens with one attached hydrogen (secondary N) is 1. The highest BCUT2D eigenvalue weighted by Crippen LogP contribution is 2.10. The molecule has 0 aromatic carbocycles. The lowest BCUT2D eigenvalue weighted by Gasteiger charge is -2.19. The summed E-state index contributed by atoms with van der Waals surface area (Å²) in [6.45, 7) is 3.66. The van der Waals surface area contributed by atoms with Crippen LogP contribution in [0.25, 0.3) is 0 Å². The minimum Gasteiger partial charge on any atom is -0.480 e. The fourth-order valence-electron chi connectivity index (χ4n) is 1.16. The van der Waals surface area contributed by atoms with Gasteiger partial charge in [0.2, 0.25) is 0 Å². The number of aliphatic carboxylic acids is 1. The number of nitrogens with zero attached hydrogens (tertiary/aromatic N) is 2. The number of carboxylic acids is 1. The topological polar surface area (TPSA) is 92.2 Å². The standard InChI is InChI=1S/C9H13N3O3S/c1-3-5(2)7(9(14)15)11-8(13)6-4-10-12-16-6/h4-5,7H,3H2,1-2H3,(H,11,13)(H,14,15). The Morgan fingerprint density at radius 2 is 2.31 bits per heavy atom. The Morgan fingerprint density at radius 3 is 2.75 bits per heavy atom. The van der Waals surface area contributed by atoms with Crippen molar-refractivity contribution in [2.24, 2.45) is 5.92 Å². The van der Waals surface area contributed by atoms with Crippen molar-refractivity contribution in [3.8, 4) is 0 Å². The van der Waals surface area contributed by atoms with Gasteiger partial charge in [0.1, 0.15) is 10.9 Å². The van der Waals surface area contributed by atoms with Crippen LogP contribution in [0.2, 0.25) is 0 Å². The average molecular weight is 243 g/mol. The first-order valence-corrected chi connectivity index (χ1v) is 5.64. The van der Waals surface area contributed by atoms with Crippen molar-refractivity contribution in [3.63, 3.8) is 0 Å². The monoisotopic (exact) mass is 243 g/mol. The van der Waals surface area contributed by atoms with E-state index in [4.69, 9.17) is 5.11 Å². The molecule has 2 atom stereocenters. The molecule has 0 fully saturated rings. The molecule has 1 amide bonds. The predicted molar refractivity (Wildman–Crippen MR) is 58.3 cm³/mol. The lowest BCUT2D eigenvalue weighted by molar-refractivity contribution is -0.140. The number of aromatic nitrogens is 2. The molecule has 0 spiro atoms. The Morgan fingerprint density at radius 1 is 1.62 bits per heavy atom. The van der Waals surface area contributed by atoms with E-state index in [1.807, 2.05) is 6.92 Å². The molecule has 1 heterocycles. The van der Waals surface area contributed by atoms with Crippen LogP contribution in [0, 0.1) is 5.92 Å². The molecule has 88 valence electrons. The van der Waals surface area contributed by atoms with Crippen molar-refractivity contribution in [1.29, 1.82) is 0 Å². The molecule has 0 saturated heterocycles. The van der Waals surface area contributed by atoms with Crippen LogP contribution < -0.4 is 5.32 Å². The second-order valence-electron chi connectivity index (χ2n) is 3.46. The van der Waals surface area contributed by atoms with Crippen LogP contribution in [-0.4, -0.2) is 32.6 Å². The number of rotatable bonds is 5. The largest absolute Gasteiger partial charge is 0.480 e. The van der Waals surface area contributed by atoms with Crippen LogP contribution >= 0.6 is 11.5 Å². The minimum atomic E-state index is -1.03. The van der Waals surface area contributed by atoms with Crippen molar-refractivity contribution < 1.29 is 14.7 Å². The highest BCUT2D eigenvalue weighted by Gasteiger charge is 2.26. The summed E-state index contributed by atoms with van der Waals surface area (Å²) >= 11 is 0.938. The zero-order valence-corrected chi connectivity index (χ0v) is 9.82. The Balaban J connectivity index is 2.69. The van der Waals surface area contributed by atoms with Crippen LogP contribution in [0.3, 0.4) is 0 Å². The number of carbonyl (C=O) groups excluding carboxylic acids is 1. The number of amides is 1. The molecule has 1 aromatic heterocycles. The molecule has 0 aliphatic carbocycles. The van der Waals surface area contributed by atoms with Gasteiger partial charge in [-0.3, -0.25) is 4.79 Å². The van der Waals surface area contributed by atoms with E-state index in [1.54, 1.807) is 6.92 Å². The maximum absolute atomic E-state index is 11.6. The highest BCUT2D eigenvalue weighted by atomic mass is 32.1. The molecule has 0 aliphatic heterocycles. The number of hydrogen-bond donors (Lipinski definition) is 2. The van der Waals surface area contributed by atoms with E-state index >= 15 is 0 Å². The maximum atomic E-state index is 11.6. The van der Waals surface area contributed by atoms with E-state index in [1.165, 1.54) is 6.20 Å². The van der Waals surface area contributed by atoms with Gasteiger partial charge in [-0.05, 0) is 17.5 Å². The summed E-state index contributed by atoms with van der Waals surface area (Å²) < 4.78 is 3.54. The third kappa shape index (κ3) is 2.99. The van der Waals surface area contributed by atoms with E-state index in [9.17, 15) is 9.59 Å². The summed E-state index contributed by atoms with van der Waals surface area (Å²) in [4.78, 5) is 22.9. The van der Waals surface area contributed by atoms with E-state index < -0.39 is 17.9 Å². The summed E-state index contributed by atoms with van der Waals surface area (Å²) in [5, 5.41) is 15.0. The van der Waals surface area contributed by atoms with Crippen LogP contribution in [0.15, 0.2) is 6.20 Å². The van der Waals surface area contributed by atoms with Crippen LogP contribution in [0.4, 0.5) is 0 Å². The van der Waals surface area contributed by atoms with Gasteiger partial charge in [-0.15, -0.1) is 5.10 Å². The van der Waals surface area contributed by atoms with Gasteiger partial charge in [0.15, 0.2) is 0 Å². The SMILES string of the molecule is CCC(C)C(NC(=O)c1cnns1)C(=O)O. The van der Waals surface area contributed by atoms with Gasteiger partial charge < -0.3 is 10.4 Å². The molecule has 1 aromatic rings. The maximum Gasteiger partial charge on any atom is 0.326 e. The summed E-state index contributed by atoms with van der Waals surface area (Å²) in [7, 11) is 0. The first kappa shape index (κ1) is 12.6. The smallest absolute Gasteiger partial charge is 0.326 e. The predicted octanol–water partition coefficient (Wildman–Crippen LogP) is 0.767. The molecule has 7 heteroatoms. The molecule has 0 radical (unpaired) electrons. The number of carboxylic acid groups (broad SMARTS) is 1. The molecule has 2 unspecified atom stereocenters. The Kier molecular flexibility index (Phi) is 4.36. The second kappa shape index (κ2) is 5.55. The van der Waals surface area contributed by atoms with Crippen molar-refractivity contribution in [2.45, 2.75) is 26.3 Å². The van der Waals surface area contributed by atoms with Gasteiger partial charge in [0, 0.05) is 0 Å². The van der Waals surface area contributed by atoms with E-state index in [0.717, 1.165) is 11.5 Å². The van der Waals surface area contributed by atoms with Crippen molar-refractivity contribution >= 4 is 23.4 Å². The van der Waals surface area contributed by atoms with Gasteiger partial charge in [-0.2, -0.15) is 0 Å². The van der Waals surface area contributed by atoms with Crippen molar-refractivity contribution in [2.75, 3.05) is 0 Å². The molecule has 1 rings (SSSR count). The first-order chi connectivity index (χ1) is 7.56. The van der Waals surface area contributed by atoms with Crippen LogP contribution in [-0.2, 0) is 4.79 Å². The summed E-state index contributed by atoms with van der Waals surface area (Å²) in [5.74, 6) is -1.59. The Hall–Kier alpha value is -1.50. The normalized spacial score (nSPS) is 14.1. The van der Waals surface area contributed by atoms with E-state index in [0.29, 0.717) is 11.3 Å². The minimum absolute atomic E-state index is 0.123. The Labute approximate surface area is 96.8 Å². The fourth-order valence-corrected chi connectivity index (χ4v) is 1.58. The highest BCUT2D eigenvalue weighted by molar-refractivity contribution is 7.07. The van der Waals surface area contributed by atoms with Crippen LogP contribution in [0.1, 0.15) is 29.9 Å². The molecule has 2 N–H and O–H groups in total. The zero-order chi connectivity index (χ0) is 12.1. The van der Waals surface area contributed by atoms with Gasteiger partial charge >= 0.3 is 5.97 Å². The molecular weight excluding hydrogens is 230 g/mol. The first-order valence-electron chi connectivity index (χ1n) is 4.87. The average Bonchev–Trinajstić information content (AvgIpc) is 2.77. The number of hydrogen-bond acceptors (Lipinski definition) is 5. The Bertz CT molecular complexity index is 366. The van der Waals surface area contributed by atoms with Crippen molar-refractivity contribution in [1.82, 2.24) is 14.9 Å². The molecular formula is C9H13N3O3S. The molecule has 16 heavy (non-hydrogen) atoms. The molecule has 6 nitrogen and oxygen atoms in total. The van der Waals surface area contributed by atoms with Gasteiger partial charge in [0.25, 0.3) is 5.91 Å². The van der Waals surface area contributed by atoms with Gasteiger partial charge in [-0.25, -0.2) is 4.79 Å². The molecule has 0 aliphatic rings. The number of carbonyl (C=O) groups is 2. The third-order valence-electron chi connectivity index (χ3n) is 2.35. The van der Waals surface area contributed by atoms with Gasteiger partial charge in [-0.1, -0.05) is 24.8 Å². The van der Waals surface area contributed by atoms with E-state index in [-0.39, 0.29) is 5.92 Å². The van der Waals surface area contributed by atoms with Crippen LogP contribution in [0.5, 0.6) is 0 Å². The van der Waals surface area contributed by atoms with Gasteiger partial charge in [0.05, 0.1) is 6.20 Å². The second-order valence-corrected chi connectivity index (χ2v) is 4.24. The summed E-state index contributed by atoms with van der Waals surface area (Å²) in [6, 6.07) is -0.875. The molecule has 0 saturated carbocycles. The van der Waals surface area contributed by atoms with Crippen molar-refractivity contribution in [3.05, 3.63) is 11.1 Å².